The molecule has 172 valence electrons. The van der Waals surface area contributed by atoms with Crippen LogP contribution < -0.4 is 0 Å². The van der Waals surface area contributed by atoms with E-state index in [0.717, 1.165) is 0 Å². The lowest BCUT2D eigenvalue weighted by Gasteiger charge is -2.25. The average molecular weight is 464 g/mol. The number of hydrogen-bond donors (Lipinski definition) is 0. The number of para-hydroxylation sites is 2. The van der Waals surface area contributed by atoms with Crippen molar-refractivity contribution in [1.82, 2.24) is 0 Å². The highest BCUT2D eigenvalue weighted by Gasteiger charge is 2.81. The van der Waals surface area contributed by atoms with E-state index in [0.29, 0.717) is 0 Å². The first-order valence-corrected chi connectivity index (χ1v) is 10.5. The van der Waals surface area contributed by atoms with Crippen molar-refractivity contribution in [3.8, 4) is 0 Å². The lowest BCUT2D eigenvalue weighted by Crippen LogP contribution is -2.49. The normalized spacial score (nSPS) is 19.2. The van der Waals surface area contributed by atoms with E-state index in [1.807, 2.05) is 0 Å². The van der Waals surface area contributed by atoms with Crippen molar-refractivity contribution in [2.45, 2.75) is 44.5 Å². The molecule has 0 bridgehead atoms. The van der Waals surface area contributed by atoms with Gasteiger partial charge in [0.25, 0.3) is 0 Å². The van der Waals surface area contributed by atoms with Gasteiger partial charge < -0.3 is 8.83 Å². The number of rotatable bonds is 4. The molecule has 1 aliphatic rings. The molecule has 0 saturated carbocycles. The fourth-order valence-electron chi connectivity index (χ4n) is 4.63. The van der Waals surface area contributed by atoms with E-state index >= 15 is 17.6 Å². The molecular formula is C25H18F6O2. The Labute approximate surface area is 184 Å². The third-order valence-electron chi connectivity index (χ3n) is 6.15. The molecule has 8 heteroatoms. The van der Waals surface area contributed by atoms with Crippen molar-refractivity contribution in [1.29, 1.82) is 0 Å². The zero-order chi connectivity index (χ0) is 23.8. The van der Waals surface area contributed by atoms with Gasteiger partial charge in [0.1, 0.15) is 22.7 Å². The van der Waals surface area contributed by atoms with E-state index < -0.39 is 40.0 Å². The Morgan fingerprint density at radius 2 is 0.970 bits per heavy atom. The van der Waals surface area contributed by atoms with Crippen molar-refractivity contribution in [2.75, 3.05) is 0 Å². The van der Waals surface area contributed by atoms with Crippen LogP contribution in [0.5, 0.6) is 0 Å². The van der Waals surface area contributed by atoms with Crippen LogP contribution in [0.4, 0.5) is 26.3 Å². The Kier molecular flexibility index (Phi) is 4.54. The lowest BCUT2D eigenvalue weighted by atomic mass is 9.90. The summed E-state index contributed by atoms with van der Waals surface area (Å²) in [4.78, 5) is 0. The Balaban J connectivity index is 2.01. The lowest BCUT2D eigenvalue weighted by molar-refractivity contribution is -0.254. The fourth-order valence-corrected chi connectivity index (χ4v) is 4.63. The molecule has 5 rings (SSSR count). The van der Waals surface area contributed by atoms with Crippen LogP contribution in [0.25, 0.3) is 33.1 Å². The Hall–Kier alpha value is -3.16. The van der Waals surface area contributed by atoms with Crippen LogP contribution in [0, 0.1) is 0 Å². The number of benzene rings is 2. The fraction of sp³-hybridized carbons (Fsp3) is 0.280. The van der Waals surface area contributed by atoms with E-state index in [-0.39, 0.29) is 46.3 Å². The molecule has 0 spiro atoms. The molecule has 2 aromatic heterocycles. The first kappa shape index (κ1) is 21.7. The van der Waals surface area contributed by atoms with E-state index in [2.05, 4.69) is 0 Å². The molecule has 2 heterocycles. The monoisotopic (exact) mass is 464 g/mol. The zero-order valence-corrected chi connectivity index (χ0v) is 17.6. The van der Waals surface area contributed by atoms with Crippen LogP contribution in [0.1, 0.15) is 36.5 Å². The second-order valence-corrected chi connectivity index (χ2v) is 7.97. The molecule has 0 N–H and O–H groups in total. The third kappa shape index (κ3) is 2.63. The van der Waals surface area contributed by atoms with Crippen molar-refractivity contribution in [2.24, 2.45) is 0 Å². The van der Waals surface area contributed by atoms with Gasteiger partial charge in [-0.05, 0) is 12.1 Å². The summed E-state index contributed by atoms with van der Waals surface area (Å²) in [5, 5.41) is 0.141. The molecule has 0 saturated heterocycles. The minimum Gasteiger partial charge on any atom is -0.460 e. The summed E-state index contributed by atoms with van der Waals surface area (Å²) in [5.74, 6) is -16.1. The highest BCUT2D eigenvalue weighted by atomic mass is 19.3. The zero-order valence-electron chi connectivity index (χ0n) is 17.6. The van der Waals surface area contributed by atoms with E-state index in [1.165, 1.54) is 36.4 Å². The van der Waals surface area contributed by atoms with Crippen molar-refractivity contribution in [3.63, 3.8) is 0 Å². The summed E-state index contributed by atoms with van der Waals surface area (Å²) >= 11 is 0. The van der Waals surface area contributed by atoms with Gasteiger partial charge in [-0.25, -0.2) is 0 Å². The second-order valence-electron chi connectivity index (χ2n) is 7.97. The Bertz CT molecular complexity index is 1320. The molecule has 1 aliphatic carbocycles. The Morgan fingerprint density at radius 1 is 0.606 bits per heavy atom. The van der Waals surface area contributed by atoms with Crippen LogP contribution >= 0.6 is 0 Å². The number of alkyl halides is 6. The van der Waals surface area contributed by atoms with Crippen molar-refractivity contribution < 1.29 is 35.2 Å². The molecule has 0 fully saturated rings. The van der Waals surface area contributed by atoms with Crippen LogP contribution in [0.15, 0.2) is 57.4 Å². The van der Waals surface area contributed by atoms with E-state index in [1.54, 1.807) is 26.0 Å². The standard InChI is InChI=1S/C25H18F6O2/c1-3-15-19(13-9-5-7-11-17(13)32-15)21-22(24(28,29)25(30,31)23(21,26)27)20-14-10-6-8-12-18(14)33-16(20)4-2/h5-12H,3-4H2,1-2H3. The van der Waals surface area contributed by atoms with Crippen molar-refractivity contribution in [3.05, 3.63) is 71.2 Å². The van der Waals surface area contributed by atoms with Gasteiger partial charge in [-0.3, -0.25) is 0 Å². The van der Waals surface area contributed by atoms with Gasteiger partial charge in [0.05, 0.1) is 0 Å². The summed E-state index contributed by atoms with van der Waals surface area (Å²) in [6.07, 6.45) is 0.0849. The van der Waals surface area contributed by atoms with Crippen LogP contribution in [0.2, 0.25) is 0 Å². The molecule has 0 unspecified atom stereocenters. The molecule has 0 aliphatic heterocycles. The summed E-state index contributed by atoms with van der Waals surface area (Å²) in [7, 11) is 0. The molecule has 0 atom stereocenters. The van der Waals surface area contributed by atoms with Crippen molar-refractivity contribution >= 4 is 33.1 Å². The molecule has 0 amide bonds. The maximum atomic E-state index is 15.4. The number of fused-ring (bicyclic) bond motifs is 2. The summed E-state index contributed by atoms with van der Waals surface area (Å²) in [5.41, 5.74) is -3.37. The van der Waals surface area contributed by atoms with Gasteiger partial charge in [0.2, 0.25) is 0 Å². The number of halogens is 6. The largest absolute Gasteiger partial charge is 0.460 e. The SMILES string of the molecule is CCc1oc2ccccc2c1C1=C(c2c(CC)oc3ccccc23)C(F)(F)C(F)(F)C1(F)F. The van der Waals surface area contributed by atoms with Gasteiger partial charge in [-0.15, -0.1) is 0 Å². The number of hydrogen-bond acceptors (Lipinski definition) is 2. The number of allylic oxidation sites excluding steroid dienone is 2. The maximum Gasteiger partial charge on any atom is 0.380 e. The molecule has 33 heavy (non-hydrogen) atoms. The topological polar surface area (TPSA) is 26.3 Å². The minimum atomic E-state index is -5.66. The molecule has 2 nitrogen and oxygen atoms in total. The van der Waals surface area contributed by atoms with E-state index in [4.69, 9.17) is 8.83 Å². The first-order valence-electron chi connectivity index (χ1n) is 10.5. The predicted molar refractivity (Wildman–Crippen MR) is 113 cm³/mol. The first-order chi connectivity index (χ1) is 15.6. The van der Waals surface area contributed by atoms with Gasteiger partial charge in [-0.1, -0.05) is 50.2 Å². The molecule has 0 radical (unpaired) electrons. The summed E-state index contributed by atoms with van der Waals surface area (Å²) in [6.45, 7) is 3.16. The molecular weight excluding hydrogens is 446 g/mol. The quantitative estimate of drug-likeness (QED) is 0.285. The molecule has 2 aromatic carbocycles. The third-order valence-corrected chi connectivity index (χ3v) is 6.15. The summed E-state index contributed by atoms with van der Waals surface area (Å²) < 4.78 is 103. The van der Waals surface area contributed by atoms with Gasteiger partial charge in [-0.2, -0.15) is 26.3 Å². The second kappa shape index (κ2) is 6.92. The predicted octanol–water partition coefficient (Wildman–Crippen LogP) is 8.13. The number of aryl methyl sites for hydroxylation is 2. The van der Waals surface area contributed by atoms with Crippen LogP contribution in [0.3, 0.4) is 0 Å². The van der Waals surface area contributed by atoms with Gasteiger partial charge >= 0.3 is 17.8 Å². The highest BCUT2D eigenvalue weighted by molar-refractivity contribution is 6.11. The number of furan rings is 2. The van der Waals surface area contributed by atoms with Crippen LogP contribution in [-0.4, -0.2) is 17.8 Å². The van der Waals surface area contributed by atoms with E-state index in [9.17, 15) is 8.78 Å². The van der Waals surface area contributed by atoms with Crippen LogP contribution in [-0.2, 0) is 12.8 Å². The van der Waals surface area contributed by atoms with Gasteiger partial charge in [0, 0.05) is 45.9 Å². The minimum absolute atomic E-state index is 0.0424. The Morgan fingerprint density at radius 3 is 1.33 bits per heavy atom. The highest BCUT2D eigenvalue weighted by Crippen LogP contribution is 2.66. The average Bonchev–Trinajstić information content (AvgIpc) is 3.36. The van der Waals surface area contributed by atoms with Gasteiger partial charge in [0.15, 0.2) is 0 Å². The summed E-state index contributed by atoms with van der Waals surface area (Å²) in [6, 6.07) is 11.9. The maximum absolute atomic E-state index is 15.4. The molecule has 4 aromatic rings. The smallest absolute Gasteiger partial charge is 0.380 e.